The Balaban J connectivity index is 0. The van der Waals surface area contributed by atoms with Crippen LogP contribution in [0.4, 0.5) is 0 Å². The van der Waals surface area contributed by atoms with Gasteiger partial charge in [0.25, 0.3) is 0 Å². The van der Waals surface area contributed by atoms with Crippen LogP contribution in [0.1, 0.15) is 0 Å². The summed E-state index contributed by atoms with van der Waals surface area (Å²) in [4.78, 5) is 0. The Kier molecular flexibility index (Phi) is 9.04. The van der Waals surface area contributed by atoms with Crippen LogP contribution in [0.2, 0.25) is 0 Å². The third kappa shape index (κ3) is 8.82. The van der Waals surface area contributed by atoms with Gasteiger partial charge in [0.15, 0.2) is 0 Å². The van der Waals surface area contributed by atoms with Crippen LogP contribution in [0.25, 0.3) is 0 Å². The zero-order valence-corrected chi connectivity index (χ0v) is 5.01. The molecule has 0 rings (SSSR count). The molecule has 0 aliphatic rings. The van der Waals surface area contributed by atoms with E-state index in [0.717, 1.165) is 0 Å². The largest absolute Gasteiger partial charge is 0.315 e. The quantitative estimate of drug-likeness (QED) is 0.332. The van der Waals surface area contributed by atoms with Crippen LogP contribution in [0, 0.1) is 0 Å². The summed E-state index contributed by atoms with van der Waals surface area (Å²) in [5.74, 6) is 0.556. The third-order valence-electron chi connectivity index (χ3n) is 0.211. The van der Waals surface area contributed by atoms with Crippen molar-refractivity contribution < 1.29 is 0 Å². The maximum atomic E-state index is 4.99. The Bertz CT molecular complexity index is 25.5. The minimum absolute atomic E-state index is 0. The first kappa shape index (κ1) is 9.75. The second kappa shape index (κ2) is 5.56. The van der Waals surface area contributed by atoms with E-state index in [0.29, 0.717) is 5.75 Å². The van der Waals surface area contributed by atoms with E-state index < -0.39 is 0 Å². The SMILES string of the molecule is Cl.NC(N)CS. The van der Waals surface area contributed by atoms with Crippen molar-refractivity contribution in [2.45, 2.75) is 6.17 Å². The van der Waals surface area contributed by atoms with E-state index >= 15 is 0 Å². The molecular formula is C2H9ClN2S. The molecule has 0 unspecified atom stereocenters. The van der Waals surface area contributed by atoms with Crippen molar-refractivity contribution in [3.63, 3.8) is 0 Å². The van der Waals surface area contributed by atoms with E-state index in [1.807, 2.05) is 0 Å². The number of rotatable bonds is 1. The van der Waals surface area contributed by atoms with Crippen molar-refractivity contribution in [1.29, 1.82) is 0 Å². The predicted octanol–water partition coefficient (Wildman–Crippen LogP) is -0.418. The molecule has 6 heavy (non-hydrogen) atoms. The number of hydrogen-bond acceptors (Lipinski definition) is 3. The van der Waals surface area contributed by atoms with Crippen LogP contribution in [0.15, 0.2) is 0 Å². The van der Waals surface area contributed by atoms with Gasteiger partial charge in [-0.1, -0.05) is 0 Å². The molecule has 0 fully saturated rings. The van der Waals surface area contributed by atoms with Crippen LogP contribution >= 0.6 is 25.0 Å². The fourth-order valence-electron chi connectivity index (χ4n) is 0. The summed E-state index contributed by atoms with van der Waals surface area (Å²) >= 11 is 3.77. The van der Waals surface area contributed by atoms with Crippen LogP contribution < -0.4 is 11.5 Å². The lowest BCUT2D eigenvalue weighted by molar-refractivity contribution is 0.805. The van der Waals surface area contributed by atoms with Gasteiger partial charge < -0.3 is 11.5 Å². The molecule has 0 radical (unpaired) electrons. The molecular weight excluding hydrogens is 120 g/mol. The standard InChI is InChI=1S/C2H8N2S.ClH/c3-2(4)1-5;/h2,5H,1,3-4H2;1H. The monoisotopic (exact) mass is 128 g/mol. The second-order valence-electron chi connectivity index (χ2n) is 0.846. The van der Waals surface area contributed by atoms with E-state index in [2.05, 4.69) is 12.6 Å². The summed E-state index contributed by atoms with van der Waals surface area (Å²) in [6.07, 6.45) is -0.252. The van der Waals surface area contributed by atoms with Crippen molar-refractivity contribution in [3.05, 3.63) is 0 Å². The molecule has 0 bridgehead atoms. The summed E-state index contributed by atoms with van der Waals surface area (Å²) in [5, 5.41) is 0. The highest BCUT2D eigenvalue weighted by Crippen LogP contribution is 1.67. The van der Waals surface area contributed by atoms with E-state index in [9.17, 15) is 0 Å². The molecule has 4 N–H and O–H groups in total. The maximum absolute atomic E-state index is 4.99. The highest BCUT2D eigenvalue weighted by Gasteiger charge is 1.80. The summed E-state index contributed by atoms with van der Waals surface area (Å²) < 4.78 is 0. The normalized spacial score (nSPS) is 8.00. The molecule has 0 heterocycles. The van der Waals surface area contributed by atoms with E-state index in [-0.39, 0.29) is 18.6 Å². The summed E-state index contributed by atoms with van der Waals surface area (Å²) in [6, 6.07) is 0. The van der Waals surface area contributed by atoms with Crippen molar-refractivity contribution in [2.24, 2.45) is 11.5 Å². The van der Waals surface area contributed by atoms with Gasteiger partial charge in [-0.3, -0.25) is 0 Å². The topological polar surface area (TPSA) is 52.0 Å². The van der Waals surface area contributed by atoms with E-state index in [1.165, 1.54) is 0 Å². The Morgan fingerprint density at radius 2 is 1.67 bits per heavy atom. The Labute approximate surface area is 49.1 Å². The zero-order valence-electron chi connectivity index (χ0n) is 3.29. The number of thiol groups is 1. The average molecular weight is 129 g/mol. The average Bonchev–Trinajstić information content (AvgIpc) is 1.38. The minimum Gasteiger partial charge on any atom is -0.315 e. The number of hydrogen-bond donors (Lipinski definition) is 3. The fraction of sp³-hybridized carbons (Fsp3) is 1.00. The number of nitrogens with two attached hydrogens (primary N) is 2. The van der Waals surface area contributed by atoms with Gasteiger partial charge in [-0.15, -0.1) is 12.4 Å². The third-order valence-corrected chi connectivity index (χ3v) is 0.632. The summed E-state index contributed by atoms with van der Waals surface area (Å²) in [7, 11) is 0. The molecule has 0 spiro atoms. The van der Waals surface area contributed by atoms with Crippen molar-refractivity contribution in [2.75, 3.05) is 5.75 Å². The summed E-state index contributed by atoms with van der Waals surface area (Å²) in [5.41, 5.74) is 9.99. The first-order valence-electron chi connectivity index (χ1n) is 1.39. The van der Waals surface area contributed by atoms with Crippen LogP contribution in [-0.2, 0) is 0 Å². The molecule has 0 saturated heterocycles. The smallest absolute Gasteiger partial charge is 0.0611 e. The zero-order chi connectivity index (χ0) is 4.28. The van der Waals surface area contributed by atoms with Crippen molar-refractivity contribution in [3.8, 4) is 0 Å². The lowest BCUT2D eigenvalue weighted by atomic mass is 10.7. The molecule has 0 atom stereocenters. The molecule has 0 aromatic rings. The van der Waals surface area contributed by atoms with Gasteiger partial charge in [0.1, 0.15) is 0 Å². The molecule has 0 aromatic carbocycles. The van der Waals surface area contributed by atoms with Crippen molar-refractivity contribution in [1.82, 2.24) is 0 Å². The Morgan fingerprint density at radius 1 is 1.50 bits per heavy atom. The predicted molar refractivity (Wildman–Crippen MR) is 33.3 cm³/mol. The lowest BCUT2D eigenvalue weighted by Crippen LogP contribution is -2.31. The molecule has 2 nitrogen and oxygen atoms in total. The molecule has 0 saturated carbocycles. The lowest BCUT2D eigenvalue weighted by Gasteiger charge is -1.92. The highest BCUT2D eigenvalue weighted by atomic mass is 35.5. The van der Waals surface area contributed by atoms with Gasteiger partial charge in [0.2, 0.25) is 0 Å². The first-order chi connectivity index (χ1) is 2.27. The second-order valence-corrected chi connectivity index (χ2v) is 1.21. The van der Waals surface area contributed by atoms with Gasteiger partial charge in [-0.2, -0.15) is 12.6 Å². The minimum atomic E-state index is -0.252. The molecule has 40 valence electrons. The van der Waals surface area contributed by atoms with Crippen molar-refractivity contribution >= 4 is 25.0 Å². The Morgan fingerprint density at radius 3 is 1.67 bits per heavy atom. The molecule has 0 aliphatic heterocycles. The maximum Gasteiger partial charge on any atom is 0.0611 e. The van der Waals surface area contributed by atoms with Gasteiger partial charge in [0, 0.05) is 5.75 Å². The van der Waals surface area contributed by atoms with E-state index in [4.69, 9.17) is 11.5 Å². The molecule has 4 heteroatoms. The van der Waals surface area contributed by atoms with Gasteiger partial charge in [-0.25, -0.2) is 0 Å². The molecule has 0 aliphatic carbocycles. The van der Waals surface area contributed by atoms with Crippen LogP contribution in [-0.4, -0.2) is 11.9 Å². The molecule has 0 amide bonds. The van der Waals surface area contributed by atoms with Gasteiger partial charge >= 0.3 is 0 Å². The van der Waals surface area contributed by atoms with Crippen LogP contribution in [0.3, 0.4) is 0 Å². The van der Waals surface area contributed by atoms with Gasteiger partial charge in [-0.05, 0) is 0 Å². The highest BCUT2D eigenvalue weighted by molar-refractivity contribution is 7.80. The molecule has 0 aromatic heterocycles. The Hall–Kier alpha value is 0.560. The van der Waals surface area contributed by atoms with Crippen LogP contribution in [0.5, 0.6) is 0 Å². The number of halogens is 1. The first-order valence-corrected chi connectivity index (χ1v) is 2.02. The van der Waals surface area contributed by atoms with Gasteiger partial charge in [0.05, 0.1) is 6.17 Å². The van der Waals surface area contributed by atoms with E-state index in [1.54, 1.807) is 0 Å². The fourth-order valence-corrected chi connectivity index (χ4v) is 0. The summed E-state index contributed by atoms with van der Waals surface area (Å²) in [6.45, 7) is 0.